The molecular formula is C19H17ClN2O3. The van der Waals surface area contributed by atoms with Crippen LogP contribution in [0.25, 0.3) is 11.3 Å². The van der Waals surface area contributed by atoms with Gasteiger partial charge in [0.15, 0.2) is 17.8 Å². The molecule has 0 atom stereocenters. The van der Waals surface area contributed by atoms with Crippen molar-refractivity contribution in [2.75, 3.05) is 14.2 Å². The van der Waals surface area contributed by atoms with Gasteiger partial charge in [0.25, 0.3) is 0 Å². The molecule has 25 heavy (non-hydrogen) atoms. The van der Waals surface area contributed by atoms with Crippen LogP contribution in [0.5, 0.6) is 11.5 Å². The fourth-order valence-corrected chi connectivity index (χ4v) is 2.71. The Hall–Kier alpha value is -2.79. The third kappa shape index (κ3) is 3.67. The largest absolute Gasteiger partial charge is 0.493 e. The molecule has 0 saturated heterocycles. The number of aldehydes is 1. The van der Waals surface area contributed by atoms with Crippen LogP contribution in [-0.4, -0.2) is 30.3 Å². The molecule has 0 aliphatic rings. The number of halogens is 1. The van der Waals surface area contributed by atoms with E-state index in [0.29, 0.717) is 34.3 Å². The molecule has 0 N–H and O–H groups in total. The van der Waals surface area contributed by atoms with Gasteiger partial charge in [-0.2, -0.15) is 5.10 Å². The van der Waals surface area contributed by atoms with Gasteiger partial charge in [0.05, 0.1) is 26.3 Å². The predicted octanol–water partition coefficient (Wildman–Crippen LogP) is 4.08. The van der Waals surface area contributed by atoms with Gasteiger partial charge in [0, 0.05) is 16.8 Å². The fourth-order valence-electron chi connectivity index (χ4n) is 2.59. The molecule has 1 heterocycles. The van der Waals surface area contributed by atoms with Crippen LogP contribution < -0.4 is 9.47 Å². The highest BCUT2D eigenvalue weighted by molar-refractivity contribution is 6.30. The predicted molar refractivity (Wildman–Crippen MR) is 96.7 cm³/mol. The van der Waals surface area contributed by atoms with Gasteiger partial charge >= 0.3 is 0 Å². The van der Waals surface area contributed by atoms with Crippen LogP contribution in [0.1, 0.15) is 15.9 Å². The minimum Gasteiger partial charge on any atom is -0.493 e. The molecule has 128 valence electrons. The Morgan fingerprint density at radius 3 is 2.44 bits per heavy atom. The Labute approximate surface area is 150 Å². The number of methoxy groups -OCH3 is 2. The summed E-state index contributed by atoms with van der Waals surface area (Å²) >= 11 is 5.91. The van der Waals surface area contributed by atoms with Crippen LogP contribution in [-0.2, 0) is 6.54 Å². The highest BCUT2D eigenvalue weighted by Crippen LogP contribution is 2.32. The van der Waals surface area contributed by atoms with Crippen molar-refractivity contribution in [3.05, 3.63) is 64.8 Å². The second-order valence-electron chi connectivity index (χ2n) is 5.44. The van der Waals surface area contributed by atoms with Crippen LogP contribution in [0.15, 0.2) is 48.7 Å². The average Bonchev–Trinajstić information content (AvgIpc) is 3.06. The lowest BCUT2D eigenvalue weighted by atomic mass is 10.1. The van der Waals surface area contributed by atoms with Crippen molar-refractivity contribution in [2.45, 2.75) is 6.54 Å². The number of aromatic nitrogens is 2. The fraction of sp³-hybridized carbons (Fsp3) is 0.158. The first kappa shape index (κ1) is 17.0. The highest BCUT2D eigenvalue weighted by atomic mass is 35.5. The Morgan fingerprint density at radius 2 is 1.80 bits per heavy atom. The molecule has 0 unspecified atom stereocenters. The Morgan fingerprint density at radius 1 is 1.08 bits per heavy atom. The minimum atomic E-state index is 0.515. The first-order valence-electron chi connectivity index (χ1n) is 7.64. The number of hydrogen-bond acceptors (Lipinski definition) is 4. The van der Waals surface area contributed by atoms with E-state index in [1.165, 1.54) is 0 Å². The smallest absolute Gasteiger partial charge is 0.161 e. The highest BCUT2D eigenvalue weighted by Gasteiger charge is 2.14. The number of nitrogens with zero attached hydrogens (tertiary/aromatic N) is 2. The van der Waals surface area contributed by atoms with Gasteiger partial charge in [-0.3, -0.25) is 9.48 Å². The maximum Gasteiger partial charge on any atom is 0.161 e. The van der Waals surface area contributed by atoms with Gasteiger partial charge in [-0.25, -0.2) is 0 Å². The number of rotatable bonds is 6. The zero-order valence-corrected chi connectivity index (χ0v) is 14.7. The van der Waals surface area contributed by atoms with E-state index in [9.17, 15) is 4.79 Å². The zero-order chi connectivity index (χ0) is 17.8. The van der Waals surface area contributed by atoms with Gasteiger partial charge in [0.1, 0.15) is 5.69 Å². The number of ether oxygens (including phenoxy) is 2. The summed E-state index contributed by atoms with van der Waals surface area (Å²) in [6.07, 6.45) is 2.53. The summed E-state index contributed by atoms with van der Waals surface area (Å²) in [6, 6.07) is 13.0. The second-order valence-corrected chi connectivity index (χ2v) is 5.88. The van der Waals surface area contributed by atoms with Gasteiger partial charge < -0.3 is 9.47 Å². The van der Waals surface area contributed by atoms with Crippen LogP contribution >= 0.6 is 11.6 Å². The van der Waals surface area contributed by atoms with Gasteiger partial charge in [0.2, 0.25) is 0 Å². The monoisotopic (exact) mass is 356 g/mol. The van der Waals surface area contributed by atoms with Crippen LogP contribution in [0, 0.1) is 0 Å². The lowest BCUT2D eigenvalue weighted by molar-refractivity contribution is 0.112. The molecule has 3 aromatic rings. The molecule has 1 aromatic heterocycles. The van der Waals surface area contributed by atoms with Crippen molar-refractivity contribution in [2.24, 2.45) is 0 Å². The molecule has 0 spiro atoms. The molecule has 0 amide bonds. The summed E-state index contributed by atoms with van der Waals surface area (Å²) in [4.78, 5) is 11.5. The molecule has 0 aliphatic heterocycles. The van der Waals surface area contributed by atoms with Crippen molar-refractivity contribution in [3.8, 4) is 22.8 Å². The Kier molecular flexibility index (Phi) is 5.05. The van der Waals surface area contributed by atoms with Crippen molar-refractivity contribution in [1.29, 1.82) is 0 Å². The molecule has 6 heteroatoms. The number of carbonyl (C=O) groups excluding carboxylic acids is 1. The number of carbonyl (C=O) groups is 1. The standard InChI is InChI=1S/C19H17ClN2O3/c1-24-17-8-5-14(9-18(17)25-2)19-15(12-23)11-22(21-19)10-13-3-6-16(20)7-4-13/h3-9,11-12H,10H2,1-2H3. The molecule has 0 bridgehead atoms. The van der Waals surface area contributed by atoms with E-state index in [4.69, 9.17) is 21.1 Å². The van der Waals surface area contributed by atoms with E-state index in [2.05, 4.69) is 5.10 Å². The zero-order valence-electron chi connectivity index (χ0n) is 13.9. The van der Waals surface area contributed by atoms with E-state index >= 15 is 0 Å². The first-order valence-corrected chi connectivity index (χ1v) is 8.02. The minimum absolute atomic E-state index is 0.515. The van der Waals surface area contributed by atoms with Crippen molar-refractivity contribution in [3.63, 3.8) is 0 Å². The molecule has 0 fully saturated rings. The van der Waals surface area contributed by atoms with Gasteiger partial charge in [-0.15, -0.1) is 0 Å². The number of hydrogen-bond donors (Lipinski definition) is 0. The molecule has 5 nitrogen and oxygen atoms in total. The summed E-state index contributed by atoms with van der Waals surface area (Å²) in [6.45, 7) is 0.547. The van der Waals surface area contributed by atoms with E-state index in [0.717, 1.165) is 17.4 Å². The van der Waals surface area contributed by atoms with Crippen LogP contribution in [0.2, 0.25) is 5.02 Å². The molecule has 0 saturated carbocycles. The Bertz CT molecular complexity index is 888. The van der Waals surface area contributed by atoms with Gasteiger partial charge in [-0.1, -0.05) is 23.7 Å². The molecule has 0 radical (unpaired) electrons. The van der Waals surface area contributed by atoms with E-state index in [1.54, 1.807) is 37.2 Å². The Balaban J connectivity index is 1.95. The summed E-state index contributed by atoms with van der Waals surface area (Å²) < 4.78 is 12.3. The SMILES string of the molecule is COc1ccc(-c2nn(Cc3ccc(Cl)cc3)cc2C=O)cc1OC. The summed E-state index contributed by atoms with van der Waals surface area (Å²) in [5.41, 5.74) is 2.95. The average molecular weight is 357 g/mol. The quantitative estimate of drug-likeness (QED) is 0.624. The van der Waals surface area contributed by atoms with E-state index < -0.39 is 0 Å². The lowest BCUT2D eigenvalue weighted by Crippen LogP contribution is -2.00. The molecule has 0 aliphatic carbocycles. The second kappa shape index (κ2) is 7.40. The molecule has 2 aromatic carbocycles. The summed E-state index contributed by atoms with van der Waals surface area (Å²) in [5, 5.41) is 5.24. The van der Waals surface area contributed by atoms with Crippen molar-refractivity contribution >= 4 is 17.9 Å². The van der Waals surface area contributed by atoms with Gasteiger partial charge in [-0.05, 0) is 35.9 Å². The first-order chi connectivity index (χ1) is 12.1. The number of benzene rings is 2. The normalized spacial score (nSPS) is 10.5. The molecular weight excluding hydrogens is 340 g/mol. The third-order valence-corrected chi connectivity index (χ3v) is 4.08. The van der Waals surface area contributed by atoms with Crippen LogP contribution in [0.4, 0.5) is 0 Å². The maximum absolute atomic E-state index is 11.5. The lowest BCUT2D eigenvalue weighted by Gasteiger charge is -2.08. The van der Waals surface area contributed by atoms with Crippen molar-refractivity contribution < 1.29 is 14.3 Å². The molecule has 3 rings (SSSR count). The third-order valence-electron chi connectivity index (χ3n) is 3.83. The summed E-state index contributed by atoms with van der Waals surface area (Å²) in [5.74, 6) is 1.21. The maximum atomic E-state index is 11.5. The van der Waals surface area contributed by atoms with E-state index in [1.807, 2.05) is 30.3 Å². The topological polar surface area (TPSA) is 53.4 Å². The summed E-state index contributed by atoms with van der Waals surface area (Å²) in [7, 11) is 3.15. The van der Waals surface area contributed by atoms with Crippen molar-refractivity contribution in [1.82, 2.24) is 9.78 Å². The van der Waals surface area contributed by atoms with E-state index in [-0.39, 0.29) is 0 Å². The van der Waals surface area contributed by atoms with Crippen LogP contribution in [0.3, 0.4) is 0 Å².